The Labute approximate surface area is 286 Å². The Morgan fingerprint density at radius 3 is 2.69 bits per heavy atom. The highest BCUT2D eigenvalue weighted by Crippen LogP contribution is 2.40. The van der Waals surface area contributed by atoms with Gasteiger partial charge in [-0.2, -0.15) is 0 Å². The third-order valence-electron chi connectivity index (χ3n) is 9.11. The first-order chi connectivity index (χ1) is 23.9. The van der Waals surface area contributed by atoms with Crippen LogP contribution in [0.3, 0.4) is 0 Å². The molecule has 1 aliphatic heterocycles. The molecule has 12 heteroatoms. The number of nitrogens with zero attached hydrogens (tertiary/aromatic N) is 5. The Morgan fingerprint density at radius 1 is 1.14 bits per heavy atom. The number of aromatic amines is 1. The Hall–Kier alpha value is -5.20. The maximum Gasteiger partial charge on any atom is 0.247 e. The average Bonchev–Trinajstić information content (AvgIpc) is 3.79. The molecule has 1 aliphatic rings. The van der Waals surface area contributed by atoms with Gasteiger partial charge in [0.05, 0.1) is 47.5 Å². The molecule has 5 aromatic rings. The number of fused-ring (bicyclic) bond motifs is 1. The van der Waals surface area contributed by atoms with Gasteiger partial charge in [-0.3, -0.25) is 4.79 Å². The predicted octanol–water partition coefficient (Wildman–Crippen LogP) is 6.39. The first-order valence-corrected chi connectivity index (χ1v) is 16.9. The van der Waals surface area contributed by atoms with Crippen molar-refractivity contribution < 1.29 is 19.1 Å². The van der Waals surface area contributed by atoms with Crippen LogP contribution < -0.4 is 20.3 Å². The summed E-state index contributed by atoms with van der Waals surface area (Å²) in [6.45, 7) is 11.9. The van der Waals surface area contributed by atoms with Gasteiger partial charge in [0, 0.05) is 55.4 Å². The molecule has 49 heavy (non-hydrogen) atoms. The number of amides is 1. The van der Waals surface area contributed by atoms with E-state index in [9.17, 15) is 9.90 Å². The highest BCUT2D eigenvalue weighted by atomic mass is 16.5. The molecule has 0 radical (unpaired) electrons. The van der Waals surface area contributed by atoms with Crippen LogP contribution in [0, 0.1) is 0 Å². The first-order valence-electron chi connectivity index (χ1n) is 16.9. The molecule has 0 unspecified atom stereocenters. The number of rotatable bonds is 14. The second-order valence-corrected chi connectivity index (χ2v) is 12.0. The SMILES string of the molecule is C=CC(=O)Nc1cc(Nc2nccc(-c3[nH]c(CCCO)nc3-c3ccc4ccoc4c3)n2)c(OC)cc1N1CCC(N(CC)CC)CC1. The van der Waals surface area contributed by atoms with Crippen molar-refractivity contribution in [3.63, 3.8) is 0 Å². The zero-order chi connectivity index (χ0) is 34.3. The predicted molar refractivity (Wildman–Crippen MR) is 193 cm³/mol. The number of hydrogen-bond acceptors (Lipinski definition) is 10. The van der Waals surface area contributed by atoms with Crippen molar-refractivity contribution in [1.29, 1.82) is 0 Å². The summed E-state index contributed by atoms with van der Waals surface area (Å²) in [6.07, 6.45) is 7.84. The molecule has 0 saturated carbocycles. The van der Waals surface area contributed by atoms with Crippen LogP contribution >= 0.6 is 0 Å². The standard InChI is InChI=1S/C37H44N8O4/c1-5-34(47)39-28-22-29(32(48-4)23-30(28)45-17-13-26(14-18-45)44(6-2)7-3)41-37-38-16-12-27(40-37)36-35(42-33(43-36)9-8-19-46)25-11-10-24-15-20-49-31(24)21-25/h5,10-12,15-16,20-23,26,46H,1,6-9,13-14,17-19H2,2-4H3,(H,39,47)(H,42,43)(H,38,40,41). The van der Waals surface area contributed by atoms with E-state index in [4.69, 9.17) is 19.1 Å². The number of furan rings is 1. The molecule has 256 valence electrons. The normalized spacial score (nSPS) is 13.6. The second-order valence-electron chi connectivity index (χ2n) is 12.0. The number of imidazole rings is 1. The van der Waals surface area contributed by atoms with Crippen molar-refractivity contribution in [2.45, 2.75) is 45.6 Å². The van der Waals surface area contributed by atoms with Crippen LogP contribution in [0.25, 0.3) is 33.6 Å². The number of hydrogen-bond donors (Lipinski definition) is 4. The summed E-state index contributed by atoms with van der Waals surface area (Å²) in [4.78, 5) is 35.1. The molecule has 0 aliphatic carbocycles. The van der Waals surface area contributed by atoms with E-state index in [1.165, 1.54) is 6.08 Å². The molecule has 1 fully saturated rings. The zero-order valence-electron chi connectivity index (χ0n) is 28.3. The third-order valence-corrected chi connectivity index (χ3v) is 9.11. The lowest BCUT2D eigenvalue weighted by atomic mass is 10.0. The number of H-pyrrole nitrogens is 1. The molecule has 4 N–H and O–H groups in total. The van der Waals surface area contributed by atoms with Gasteiger partial charge in [0.25, 0.3) is 0 Å². The molecule has 3 aromatic heterocycles. The molecule has 6 rings (SSSR count). The maximum absolute atomic E-state index is 12.6. The van der Waals surface area contributed by atoms with Crippen LogP contribution in [0.5, 0.6) is 5.75 Å². The lowest BCUT2D eigenvalue weighted by molar-refractivity contribution is -0.111. The van der Waals surface area contributed by atoms with E-state index in [0.717, 1.165) is 78.5 Å². The number of anilines is 4. The molecule has 4 heterocycles. The van der Waals surface area contributed by atoms with E-state index in [2.05, 4.69) is 50.8 Å². The van der Waals surface area contributed by atoms with Crippen LogP contribution in [0.1, 0.15) is 38.9 Å². The largest absolute Gasteiger partial charge is 0.494 e. The molecule has 1 saturated heterocycles. The summed E-state index contributed by atoms with van der Waals surface area (Å²) in [6, 6.07) is 14.1. The number of piperidine rings is 1. The first kappa shape index (κ1) is 33.7. The highest BCUT2D eigenvalue weighted by Gasteiger charge is 2.26. The Morgan fingerprint density at radius 2 is 1.96 bits per heavy atom. The van der Waals surface area contributed by atoms with Gasteiger partial charge in [0.15, 0.2) is 0 Å². The minimum Gasteiger partial charge on any atom is -0.494 e. The smallest absolute Gasteiger partial charge is 0.247 e. The number of carbonyl (C=O) groups is 1. The van der Waals surface area contributed by atoms with Crippen LogP contribution in [0.2, 0.25) is 0 Å². The van der Waals surface area contributed by atoms with Crippen molar-refractivity contribution in [2.75, 3.05) is 55.4 Å². The van der Waals surface area contributed by atoms with Crippen molar-refractivity contribution in [3.05, 3.63) is 73.4 Å². The minimum absolute atomic E-state index is 0.0652. The van der Waals surface area contributed by atoms with Gasteiger partial charge in [0.2, 0.25) is 11.9 Å². The zero-order valence-corrected chi connectivity index (χ0v) is 28.3. The summed E-state index contributed by atoms with van der Waals surface area (Å²) in [5, 5.41) is 16.8. The molecule has 12 nitrogen and oxygen atoms in total. The summed E-state index contributed by atoms with van der Waals surface area (Å²) < 4.78 is 11.5. The summed E-state index contributed by atoms with van der Waals surface area (Å²) in [5.41, 5.74) is 5.82. The Kier molecular flexibility index (Phi) is 10.6. The molecule has 0 spiro atoms. The Balaban J connectivity index is 1.32. The van der Waals surface area contributed by atoms with Gasteiger partial charge in [-0.15, -0.1) is 0 Å². The van der Waals surface area contributed by atoms with Crippen LogP contribution in [0.4, 0.5) is 23.0 Å². The lowest BCUT2D eigenvalue weighted by Gasteiger charge is -2.39. The molecular weight excluding hydrogens is 620 g/mol. The van der Waals surface area contributed by atoms with Gasteiger partial charge < -0.3 is 39.7 Å². The van der Waals surface area contributed by atoms with E-state index >= 15 is 0 Å². The van der Waals surface area contributed by atoms with E-state index in [0.29, 0.717) is 47.7 Å². The van der Waals surface area contributed by atoms with Gasteiger partial charge in [-0.1, -0.05) is 32.6 Å². The highest BCUT2D eigenvalue weighted by molar-refractivity contribution is 6.02. The van der Waals surface area contributed by atoms with Crippen LogP contribution in [-0.4, -0.2) is 81.8 Å². The average molecular weight is 665 g/mol. The van der Waals surface area contributed by atoms with Gasteiger partial charge in [-0.25, -0.2) is 15.0 Å². The van der Waals surface area contributed by atoms with E-state index in [1.54, 1.807) is 19.6 Å². The number of ether oxygens (including phenoxy) is 1. The molecule has 0 bridgehead atoms. The number of methoxy groups -OCH3 is 1. The molecule has 0 atom stereocenters. The maximum atomic E-state index is 12.6. The van der Waals surface area contributed by atoms with Crippen molar-refractivity contribution in [1.82, 2.24) is 24.8 Å². The number of aromatic nitrogens is 4. The molecular formula is C37H44N8O4. The van der Waals surface area contributed by atoms with E-state index in [-0.39, 0.29) is 12.5 Å². The number of aliphatic hydroxyl groups excluding tert-OH is 1. The van der Waals surface area contributed by atoms with Gasteiger partial charge in [-0.05, 0) is 62.7 Å². The quantitative estimate of drug-likeness (QED) is 0.0986. The van der Waals surface area contributed by atoms with E-state index in [1.807, 2.05) is 42.5 Å². The summed E-state index contributed by atoms with van der Waals surface area (Å²) >= 11 is 0. The summed E-state index contributed by atoms with van der Waals surface area (Å²) in [7, 11) is 1.62. The molecule has 1 amide bonds. The number of aryl methyl sites for hydroxylation is 1. The monoisotopic (exact) mass is 664 g/mol. The second kappa shape index (κ2) is 15.3. The van der Waals surface area contributed by atoms with Crippen molar-refractivity contribution in [2.24, 2.45) is 0 Å². The minimum atomic E-state index is -0.301. The number of benzene rings is 2. The summed E-state index contributed by atoms with van der Waals surface area (Å²) in [5.74, 6) is 1.37. The van der Waals surface area contributed by atoms with Gasteiger partial charge in [0.1, 0.15) is 17.2 Å². The fourth-order valence-corrected chi connectivity index (χ4v) is 6.56. The number of carbonyl (C=O) groups excluding carboxylic acids is 1. The number of nitrogens with one attached hydrogen (secondary N) is 3. The topological polar surface area (TPSA) is 145 Å². The Bertz CT molecular complexity index is 1910. The van der Waals surface area contributed by atoms with Crippen LogP contribution in [0.15, 0.2) is 72.0 Å². The fourth-order valence-electron chi connectivity index (χ4n) is 6.56. The van der Waals surface area contributed by atoms with Gasteiger partial charge >= 0.3 is 0 Å². The molecule has 2 aromatic carbocycles. The fraction of sp³-hybridized carbons (Fsp3) is 0.351. The van der Waals surface area contributed by atoms with Crippen molar-refractivity contribution in [3.8, 4) is 28.4 Å². The number of aliphatic hydroxyl groups is 1. The van der Waals surface area contributed by atoms with Crippen LogP contribution in [-0.2, 0) is 11.2 Å². The van der Waals surface area contributed by atoms with Crippen molar-refractivity contribution >= 4 is 39.9 Å². The third kappa shape index (κ3) is 7.45. The lowest BCUT2D eigenvalue weighted by Crippen LogP contribution is -2.45. The van der Waals surface area contributed by atoms with E-state index < -0.39 is 0 Å².